The SMILES string of the molecule is [2H]C([2H])([2H])c1c[c-]c(-c2cc(C([2H])([2H])[2H])c(C([2H])([2H])[2H])cn2)cc1.[Ir].[c-]1c2oc3ccc4ccccc4c3c2cc2c1c1nc3ccccc3n1c1c2c2ccccc2n1-c1ccccc1. The predicted octanol–water partition coefficient (Wildman–Crippen LogP) is 13.1. The van der Waals surface area contributed by atoms with E-state index in [9.17, 15) is 0 Å². The van der Waals surface area contributed by atoms with E-state index < -0.39 is 20.6 Å². The Kier molecular flexibility index (Phi) is 6.26. The number of aryl methyl sites for hydroxylation is 3. The maximum atomic E-state index is 7.54. The number of pyridine rings is 2. The molecular weight excluding hydrogens is 877 g/mol. The zero-order chi connectivity index (χ0) is 45.0. The molecule has 0 aliphatic heterocycles. The maximum absolute atomic E-state index is 7.54. The van der Waals surface area contributed by atoms with E-state index in [-0.39, 0.29) is 42.5 Å². The second-order valence-corrected chi connectivity index (χ2v) is 13.8. The fourth-order valence-corrected chi connectivity index (χ4v) is 8.03. The number of rotatable bonds is 2. The molecule has 275 valence electrons. The van der Waals surface area contributed by atoms with Gasteiger partial charge < -0.3 is 13.8 Å². The van der Waals surface area contributed by atoms with Crippen molar-refractivity contribution >= 4 is 82.1 Å². The van der Waals surface area contributed by atoms with Crippen LogP contribution in [0.15, 0.2) is 156 Å². The maximum Gasteiger partial charge on any atom is 0.124 e. The first-order valence-corrected chi connectivity index (χ1v) is 18.2. The zero-order valence-corrected chi connectivity index (χ0v) is 32.4. The molecule has 5 aromatic heterocycles. The third kappa shape index (κ3) is 5.48. The summed E-state index contributed by atoms with van der Waals surface area (Å²) in [5, 5.41) is 9.05. The van der Waals surface area contributed by atoms with Gasteiger partial charge in [0.1, 0.15) is 11.2 Å². The first-order chi connectivity index (χ1) is 31.1. The van der Waals surface area contributed by atoms with Crippen molar-refractivity contribution in [3.8, 4) is 16.9 Å². The number of hydrogen-bond acceptors (Lipinski definition) is 3. The van der Waals surface area contributed by atoms with Crippen molar-refractivity contribution < 1.29 is 36.9 Å². The van der Waals surface area contributed by atoms with Gasteiger partial charge in [-0.05, 0) is 82.9 Å². The van der Waals surface area contributed by atoms with Crippen molar-refractivity contribution in [3.05, 3.63) is 181 Å². The summed E-state index contributed by atoms with van der Waals surface area (Å²) in [7, 11) is 0. The van der Waals surface area contributed by atoms with Crippen LogP contribution in [-0.4, -0.2) is 18.9 Å². The number of para-hydroxylation sites is 4. The van der Waals surface area contributed by atoms with Crippen molar-refractivity contribution in [1.29, 1.82) is 0 Å². The van der Waals surface area contributed by atoms with Crippen LogP contribution < -0.4 is 0 Å². The van der Waals surface area contributed by atoms with Gasteiger partial charge in [-0.1, -0.05) is 120 Å². The van der Waals surface area contributed by atoms with Crippen LogP contribution in [0, 0.1) is 32.7 Å². The van der Waals surface area contributed by atoms with Gasteiger partial charge in [-0.25, -0.2) is 0 Å². The number of hydrogen-bond donors (Lipinski definition) is 0. The van der Waals surface area contributed by atoms with Crippen LogP contribution in [0.2, 0.25) is 0 Å². The molecule has 0 aliphatic rings. The van der Waals surface area contributed by atoms with Crippen LogP contribution in [0.1, 0.15) is 29.0 Å². The van der Waals surface area contributed by atoms with E-state index in [0.29, 0.717) is 5.56 Å². The molecule has 0 fully saturated rings. The molecule has 0 amide bonds. The summed E-state index contributed by atoms with van der Waals surface area (Å²) < 4.78 is 78.0. The van der Waals surface area contributed by atoms with Gasteiger partial charge in [-0.2, -0.15) is 0 Å². The van der Waals surface area contributed by atoms with Gasteiger partial charge in [-0.15, -0.1) is 41.5 Å². The second kappa shape index (κ2) is 13.6. The smallest absolute Gasteiger partial charge is 0.124 e. The summed E-state index contributed by atoms with van der Waals surface area (Å²) in [6.07, 6.45) is 1.02. The molecule has 0 atom stereocenters. The minimum atomic E-state index is -2.61. The van der Waals surface area contributed by atoms with Gasteiger partial charge in [-0.3, -0.25) is 9.55 Å². The molecule has 12 aromatic rings. The Morgan fingerprint density at radius 2 is 1.46 bits per heavy atom. The van der Waals surface area contributed by atoms with Crippen molar-refractivity contribution in [1.82, 2.24) is 18.9 Å². The molecule has 0 saturated carbocycles. The largest absolute Gasteiger partial charge is 0.477 e. The molecular formula is C51H34IrN4O-2. The van der Waals surface area contributed by atoms with E-state index in [1.807, 2.05) is 6.07 Å². The fraction of sp³-hybridized carbons (Fsp3) is 0.0588. The summed E-state index contributed by atoms with van der Waals surface area (Å²) in [4.78, 5) is 9.19. The molecule has 0 unspecified atom stereocenters. The average Bonchev–Trinajstić information content (AvgIpc) is 3.98. The Morgan fingerprint density at radius 1 is 0.667 bits per heavy atom. The number of nitrogens with zero attached hydrogens (tertiary/aromatic N) is 4. The van der Waals surface area contributed by atoms with Crippen LogP contribution >= 0.6 is 0 Å². The van der Waals surface area contributed by atoms with Crippen molar-refractivity contribution in [2.75, 3.05) is 0 Å². The standard InChI is InChI=1S/C37H20N3O.C14H14N.Ir/c1-2-11-23(12-3-1)39-30-16-8-6-14-25(30)35-26-20-28-33(41-32-19-18-22-10-4-5-13-24(22)34(28)32)21-27(26)36-38-29-15-7-9-17-31(29)40(36)37(35)39;1-10-4-6-13(7-5-10)14-8-11(2)12(3)9-15-14;/h1-20H;4-6,8-9H,1-3H3;/q2*-1;/i;1D3,2D3,3D3;. The van der Waals surface area contributed by atoms with E-state index in [4.69, 9.17) is 21.7 Å². The first kappa shape index (κ1) is 26.3. The minimum Gasteiger partial charge on any atom is -0.477 e. The number of furan rings is 1. The number of aromatic nitrogens is 4. The Bertz CT molecular complexity index is 3850. The van der Waals surface area contributed by atoms with E-state index in [1.165, 1.54) is 45.8 Å². The quantitative estimate of drug-likeness (QED) is 0.162. The van der Waals surface area contributed by atoms with Crippen LogP contribution in [-0.2, 0) is 20.1 Å². The molecule has 7 aromatic carbocycles. The Balaban J connectivity index is 0.000000177. The zero-order valence-electron chi connectivity index (χ0n) is 39.0. The summed E-state index contributed by atoms with van der Waals surface area (Å²) >= 11 is 0. The Morgan fingerprint density at radius 3 is 2.28 bits per heavy atom. The topological polar surface area (TPSA) is 48.3 Å². The van der Waals surface area contributed by atoms with Crippen molar-refractivity contribution in [3.63, 3.8) is 0 Å². The summed E-state index contributed by atoms with van der Waals surface area (Å²) in [6, 6.07) is 54.5. The van der Waals surface area contributed by atoms with Gasteiger partial charge in [0.15, 0.2) is 0 Å². The summed E-state index contributed by atoms with van der Waals surface area (Å²) in [5.41, 5.74) is 7.95. The van der Waals surface area contributed by atoms with Gasteiger partial charge in [0, 0.05) is 49.7 Å². The Hall–Kier alpha value is -6.59. The monoisotopic (exact) mass is 920 g/mol. The molecule has 0 N–H and O–H groups in total. The van der Waals surface area contributed by atoms with Crippen LogP contribution in [0.25, 0.3) is 99.0 Å². The van der Waals surface area contributed by atoms with Crippen LogP contribution in [0.3, 0.4) is 0 Å². The normalized spacial score (nSPS) is 14.6. The molecule has 5 heterocycles. The first-order valence-electron chi connectivity index (χ1n) is 22.7. The van der Waals surface area contributed by atoms with Gasteiger partial charge >= 0.3 is 0 Å². The molecule has 0 saturated heterocycles. The van der Waals surface area contributed by atoms with E-state index in [1.54, 1.807) is 0 Å². The average molecular weight is 920 g/mol. The molecule has 12 rings (SSSR count). The predicted molar refractivity (Wildman–Crippen MR) is 231 cm³/mol. The Labute approximate surface area is 354 Å². The van der Waals surface area contributed by atoms with Gasteiger partial charge in [0.2, 0.25) is 0 Å². The van der Waals surface area contributed by atoms with Crippen molar-refractivity contribution in [2.24, 2.45) is 0 Å². The molecule has 1 radical (unpaired) electrons. The van der Waals surface area contributed by atoms with Gasteiger partial charge in [0.05, 0.1) is 27.8 Å². The van der Waals surface area contributed by atoms with E-state index in [0.717, 1.165) is 72.4 Å². The third-order valence-electron chi connectivity index (χ3n) is 10.5. The molecule has 0 spiro atoms. The summed E-state index contributed by atoms with van der Waals surface area (Å²) in [6.45, 7) is -7.47. The van der Waals surface area contributed by atoms with E-state index >= 15 is 0 Å². The second-order valence-electron chi connectivity index (χ2n) is 13.8. The number of imidazole rings is 1. The number of fused-ring (bicyclic) bond motifs is 15. The fourth-order valence-electron chi connectivity index (χ4n) is 8.03. The van der Waals surface area contributed by atoms with Crippen molar-refractivity contribution in [2.45, 2.75) is 20.6 Å². The van der Waals surface area contributed by atoms with Crippen LogP contribution in [0.5, 0.6) is 0 Å². The minimum absolute atomic E-state index is 0. The summed E-state index contributed by atoms with van der Waals surface area (Å²) in [5.74, 6) is 0. The number of benzene rings is 7. The van der Waals surface area contributed by atoms with Gasteiger partial charge in [0.25, 0.3) is 0 Å². The molecule has 6 heteroatoms. The third-order valence-corrected chi connectivity index (χ3v) is 10.5. The molecule has 5 nitrogen and oxygen atoms in total. The van der Waals surface area contributed by atoms with Crippen LogP contribution in [0.4, 0.5) is 0 Å². The molecule has 57 heavy (non-hydrogen) atoms. The molecule has 0 bridgehead atoms. The van der Waals surface area contributed by atoms with E-state index in [2.05, 4.69) is 141 Å². The molecule has 0 aliphatic carbocycles.